The minimum Gasteiger partial charge on any atom is -0.456 e. The number of esters is 1. The number of rotatable bonds is 16. The first-order chi connectivity index (χ1) is 28.0. The summed E-state index contributed by atoms with van der Waals surface area (Å²) in [6.07, 6.45) is -2.26. The number of fused-ring (bicyclic) bond motifs is 6. The Balaban J connectivity index is 1.15. The van der Waals surface area contributed by atoms with E-state index in [1.54, 1.807) is 90.1 Å². The Morgan fingerprint density at radius 2 is 1.07 bits per heavy atom. The molecule has 0 saturated carbocycles. The zero-order valence-electron chi connectivity index (χ0n) is 33.6. The van der Waals surface area contributed by atoms with Crippen LogP contribution in [0.5, 0.6) is 11.5 Å². The lowest BCUT2D eigenvalue weighted by Gasteiger charge is -2.36. The standard InChI is InChI=1S/C40H48N4O11S4/c1-38(2,3)54-34(46)41-15-19-56-58-21-17-50-36(48)43-25-11-13-29-31(23-25)52-32-24-26(12-14-30(32)40(29)28-10-8-7-9-27(28)33(45)53-40)44-37(49)51-18-22-59-57-20-16-42-35(47)55-39(4,5)6/h7-14,23-24H,15-22H2,1-6H3,(H,41,46)(H,42,47)(H,43,48)(H,44,49). The van der Waals surface area contributed by atoms with E-state index >= 15 is 0 Å². The van der Waals surface area contributed by atoms with Crippen LogP contribution in [0.25, 0.3) is 0 Å². The van der Waals surface area contributed by atoms with E-state index in [4.69, 9.17) is 28.4 Å². The minimum atomic E-state index is -1.36. The minimum absolute atomic E-state index is 0.152. The molecule has 4 N–H and O–H groups in total. The Labute approximate surface area is 359 Å². The van der Waals surface area contributed by atoms with Gasteiger partial charge in [-0.3, -0.25) is 10.6 Å². The molecule has 1 spiro atoms. The Morgan fingerprint density at radius 3 is 1.54 bits per heavy atom. The molecule has 3 aromatic rings. The Kier molecular flexibility index (Phi) is 15.9. The van der Waals surface area contributed by atoms with E-state index in [2.05, 4.69) is 21.3 Å². The van der Waals surface area contributed by atoms with E-state index in [1.165, 1.54) is 43.2 Å². The van der Waals surface area contributed by atoms with Gasteiger partial charge >= 0.3 is 30.3 Å². The maximum absolute atomic E-state index is 13.3. The highest BCUT2D eigenvalue weighted by molar-refractivity contribution is 8.77. The Hall–Kier alpha value is -4.59. The lowest BCUT2D eigenvalue weighted by Crippen LogP contribution is -2.33. The van der Waals surface area contributed by atoms with Gasteiger partial charge in [-0.15, -0.1) is 0 Å². The monoisotopic (exact) mass is 888 g/mol. The molecule has 0 saturated heterocycles. The highest BCUT2D eigenvalue weighted by atomic mass is 33.1. The fourth-order valence-corrected chi connectivity index (χ4v) is 9.20. The van der Waals surface area contributed by atoms with Gasteiger partial charge in [0.15, 0.2) is 5.60 Å². The number of anilines is 2. The van der Waals surface area contributed by atoms with Crippen molar-refractivity contribution in [3.05, 3.63) is 82.9 Å². The number of amides is 4. The summed E-state index contributed by atoms with van der Waals surface area (Å²) in [5, 5.41) is 10.9. The summed E-state index contributed by atoms with van der Waals surface area (Å²) in [5.74, 6) is 2.50. The first kappa shape index (κ1) is 45.5. The SMILES string of the molecule is CC(C)(C)OC(=O)NCCSSCCOC(=O)Nc1ccc2c(c1)Oc1cc(NC(=O)OCCSSCCNC(=O)OC(C)(C)C)ccc1C21OC(=O)c2ccccc21. The topological polar surface area (TPSA) is 189 Å². The van der Waals surface area contributed by atoms with Crippen molar-refractivity contribution < 1.29 is 52.4 Å². The van der Waals surface area contributed by atoms with Gasteiger partial charge in [0, 0.05) is 76.3 Å². The summed E-state index contributed by atoms with van der Waals surface area (Å²) in [6.45, 7) is 12.0. The fraction of sp³-hybridized carbons (Fsp3) is 0.425. The third kappa shape index (κ3) is 13.2. The summed E-state index contributed by atoms with van der Waals surface area (Å²) < 4.78 is 33.8. The first-order valence-corrected chi connectivity index (χ1v) is 23.6. The van der Waals surface area contributed by atoms with Crippen LogP contribution < -0.4 is 26.0 Å². The molecule has 15 nitrogen and oxygen atoms in total. The second-order valence-corrected chi connectivity index (χ2v) is 20.2. The quantitative estimate of drug-likeness (QED) is 0.0461. The molecule has 3 aromatic carbocycles. The molecule has 59 heavy (non-hydrogen) atoms. The molecule has 19 heteroatoms. The van der Waals surface area contributed by atoms with Gasteiger partial charge in [0.2, 0.25) is 0 Å². The maximum atomic E-state index is 13.3. The van der Waals surface area contributed by atoms with Gasteiger partial charge in [0.25, 0.3) is 0 Å². The molecule has 4 amide bonds. The molecular formula is C40H48N4O11S4. The Morgan fingerprint density at radius 1 is 0.610 bits per heavy atom. The summed E-state index contributed by atoms with van der Waals surface area (Å²) in [6, 6.07) is 17.2. The molecule has 0 bridgehead atoms. The third-order valence-corrected chi connectivity index (χ3v) is 12.6. The number of hydrogen-bond donors (Lipinski definition) is 4. The molecule has 0 atom stereocenters. The molecule has 0 fully saturated rings. The van der Waals surface area contributed by atoms with Gasteiger partial charge < -0.3 is 39.1 Å². The van der Waals surface area contributed by atoms with Crippen molar-refractivity contribution in [3.63, 3.8) is 0 Å². The summed E-state index contributed by atoms with van der Waals surface area (Å²) in [4.78, 5) is 62.2. The third-order valence-electron chi connectivity index (χ3n) is 7.88. The van der Waals surface area contributed by atoms with Gasteiger partial charge in [0.1, 0.15) is 35.9 Å². The summed E-state index contributed by atoms with van der Waals surface area (Å²) in [7, 11) is 6.08. The number of carbonyl (C=O) groups excluding carboxylic acids is 5. The lowest BCUT2D eigenvalue weighted by molar-refractivity contribution is 0.0224. The van der Waals surface area contributed by atoms with Crippen LogP contribution in [0.4, 0.5) is 30.6 Å². The highest BCUT2D eigenvalue weighted by Crippen LogP contribution is 2.56. The summed E-state index contributed by atoms with van der Waals surface area (Å²) in [5.41, 5.74) is 0.425. The van der Waals surface area contributed by atoms with Crippen LogP contribution in [-0.2, 0) is 29.3 Å². The first-order valence-electron chi connectivity index (χ1n) is 18.6. The number of nitrogens with one attached hydrogen (secondary N) is 4. The zero-order chi connectivity index (χ0) is 42.6. The van der Waals surface area contributed by atoms with Crippen molar-refractivity contribution in [1.82, 2.24) is 10.6 Å². The average Bonchev–Trinajstić information content (AvgIpc) is 3.44. The second kappa shape index (κ2) is 20.6. The molecule has 0 radical (unpaired) electrons. The number of ether oxygens (including phenoxy) is 6. The number of hydrogen-bond acceptors (Lipinski definition) is 15. The van der Waals surface area contributed by atoms with E-state index in [0.717, 1.165) is 0 Å². The smallest absolute Gasteiger partial charge is 0.411 e. The van der Waals surface area contributed by atoms with E-state index in [1.807, 2.05) is 12.1 Å². The molecule has 2 aliphatic heterocycles. The second-order valence-electron chi connectivity index (χ2n) is 14.8. The lowest BCUT2D eigenvalue weighted by atomic mass is 9.77. The number of alkyl carbamates (subject to hydrolysis) is 2. The Bertz CT molecular complexity index is 1900. The average molecular weight is 889 g/mol. The van der Waals surface area contributed by atoms with Gasteiger partial charge in [-0.05, 0) is 71.9 Å². The largest absolute Gasteiger partial charge is 0.456 e. The van der Waals surface area contributed by atoms with Gasteiger partial charge in [-0.2, -0.15) is 0 Å². The van der Waals surface area contributed by atoms with Crippen LogP contribution in [0.2, 0.25) is 0 Å². The van der Waals surface area contributed by atoms with E-state index in [-0.39, 0.29) is 13.2 Å². The molecule has 0 unspecified atom stereocenters. The maximum Gasteiger partial charge on any atom is 0.411 e. The molecule has 2 heterocycles. The van der Waals surface area contributed by atoms with Crippen LogP contribution in [0.15, 0.2) is 60.7 Å². The van der Waals surface area contributed by atoms with Crippen LogP contribution in [-0.4, -0.2) is 90.9 Å². The molecule has 0 aromatic heterocycles. The van der Waals surface area contributed by atoms with Crippen LogP contribution in [0.3, 0.4) is 0 Å². The molecule has 2 aliphatic rings. The van der Waals surface area contributed by atoms with Gasteiger partial charge in [-0.25, -0.2) is 24.0 Å². The van der Waals surface area contributed by atoms with Crippen LogP contribution in [0.1, 0.15) is 68.6 Å². The van der Waals surface area contributed by atoms with Gasteiger partial charge in [0.05, 0.1) is 5.56 Å². The van der Waals surface area contributed by atoms with Crippen molar-refractivity contribution in [3.8, 4) is 11.5 Å². The van der Waals surface area contributed by atoms with Crippen molar-refractivity contribution in [2.45, 2.75) is 58.3 Å². The molecule has 0 aliphatic carbocycles. The number of benzene rings is 3. The van der Waals surface area contributed by atoms with Crippen molar-refractivity contribution >= 4 is 84.9 Å². The van der Waals surface area contributed by atoms with E-state index in [9.17, 15) is 24.0 Å². The van der Waals surface area contributed by atoms with Crippen molar-refractivity contribution in [2.24, 2.45) is 0 Å². The normalized spacial score (nSPS) is 13.4. The van der Waals surface area contributed by atoms with Crippen LogP contribution in [0, 0.1) is 0 Å². The number of carbonyl (C=O) groups is 5. The predicted molar refractivity (Wildman–Crippen MR) is 233 cm³/mol. The van der Waals surface area contributed by atoms with Crippen molar-refractivity contribution in [1.29, 1.82) is 0 Å². The molecule has 318 valence electrons. The fourth-order valence-electron chi connectivity index (χ4n) is 5.73. The predicted octanol–water partition coefficient (Wildman–Crippen LogP) is 9.16. The van der Waals surface area contributed by atoms with Crippen molar-refractivity contribution in [2.75, 3.05) is 59.9 Å². The van der Waals surface area contributed by atoms with Crippen LogP contribution >= 0.6 is 43.2 Å². The van der Waals surface area contributed by atoms with E-state index in [0.29, 0.717) is 81.2 Å². The van der Waals surface area contributed by atoms with Gasteiger partial charge in [-0.1, -0.05) is 61.4 Å². The molecule has 5 rings (SSSR count). The zero-order valence-corrected chi connectivity index (χ0v) is 36.8. The van der Waals surface area contributed by atoms with E-state index < -0.39 is 47.1 Å². The molecular weight excluding hydrogens is 841 g/mol. The summed E-state index contributed by atoms with van der Waals surface area (Å²) >= 11 is 0. The highest BCUT2D eigenvalue weighted by Gasteiger charge is 2.53.